The van der Waals surface area contributed by atoms with E-state index in [4.69, 9.17) is 16.5 Å². The number of hydrogen-bond acceptors (Lipinski definition) is 6. The van der Waals surface area contributed by atoms with Crippen molar-refractivity contribution in [3.63, 3.8) is 0 Å². The molecule has 6 nitrogen and oxygen atoms in total. The fourth-order valence-corrected chi connectivity index (χ4v) is 7.79. The number of aliphatic imine (C=N–C) groups is 1. The van der Waals surface area contributed by atoms with Crippen LogP contribution in [0.2, 0.25) is 0 Å². The lowest BCUT2D eigenvalue weighted by Gasteiger charge is -2.39. The average molecular weight is 647 g/mol. The van der Waals surface area contributed by atoms with Gasteiger partial charge in [-0.2, -0.15) is 0 Å². The van der Waals surface area contributed by atoms with Gasteiger partial charge in [0, 0.05) is 35.5 Å². The van der Waals surface area contributed by atoms with E-state index in [1.807, 2.05) is 24.4 Å². The Hall–Kier alpha value is -2.91. The Balaban J connectivity index is 1.26. The molecule has 2 aromatic carbocycles. The maximum Gasteiger partial charge on any atom is 0.149 e. The van der Waals surface area contributed by atoms with Crippen molar-refractivity contribution < 1.29 is 0 Å². The van der Waals surface area contributed by atoms with Gasteiger partial charge in [-0.05, 0) is 88.1 Å². The number of fused-ring (bicyclic) bond motifs is 1. The fourth-order valence-electron chi connectivity index (χ4n) is 6.60. The number of pyridine rings is 1. The van der Waals surface area contributed by atoms with E-state index in [0.29, 0.717) is 17.5 Å². The molecule has 1 atom stereocenters. The van der Waals surface area contributed by atoms with Crippen molar-refractivity contribution in [3.8, 4) is 11.3 Å². The summed E-state index contributed by atoms with van der Waals surface area (Å²) in [5.41, 5.74) is 20.0. The van der Waals surface area contributed by atoms with E-state index in [-0.39, 0.29) is 4.05 Å². The normalized spacial score (nSPS) is 23.9. The second kappa shape index (κ2) is 11.9. The van der Waals surface area contributed by atoms with Gasteiger partial charge < -0.3 is 21.3 Å². The highest BCUT2D eigenvalue weighted by Crippen LogP contribution is 2.39. The molecule has 6 rings (SSSR count). The SMILES string of the molecule is Cc1cc(-c2ccccc2)nc2cc(/C(N)=C3\C(N)=NC=CN3C(I)C3CCC(CN4CCCC4)CC3)ccc12. The van der Waals surface area contributed by atoms with E-state index in [2.05, 4.69) is 80.7 Å². The summed E-state index contributed by atoms with van der Waals surface area (Å²) < 4.78 is 0.259. The van der Waals surface area contributed by atoms with Crippen LogP contribution in [0.5, 0.6) is 0 Å². The maximum atomic E-state index is 6.92. The molecule has 1 aromatic heterocycles. The lowest BCUT2D eigenvalue weighted by molar-refractivity contribution is 0.184. The predicted octanol–water partition coefficient (Wildman–Crippen LogP) is 6.64. The summed E-state index contributed by atoms with van der Waals surface area (Å²) >= 11 is 2.60. The lowest BCUT2D eigenvalue weighted by atomic mass is 9.81. The van der Waals surface area contributed by atoms with Gasteiger partial charge in [-0.1, -0.05) is 65.1 Å². The van der Waals surface area contributed by atoms with Gasteiger partial charge in [-0.25, -0.2) is 9.98 Å². The van der Waals surface area contributed by atoms with Crippen LogP contribution in [0.1, 0.15) is 49.7 Å². The highest BCUT2D eigenvalue weighted by atomic mass is 127. The van der Waals surface area contributed by atoms with E-state index in [0.717, 1.165) is 39.3 Å². The van der Waals surface area contributed by atoms with E-state index in [1.54, 1.807) is 6.20 Å². The van der Waals surface area contributed by atoms with Crippen LogP contribution in [0, 0.1) is 18.8 Å². The quantitative estimate of drug-likeness (QED) is 0.178. The minimum atomic E-state index is 0.259. The Morgan fingerprint density at radius 1 is 1.02 bits per heavy atom. The molecule has 2 aliphatic heterocycles. The van der Waals surface area contributed by atoms with Gasteiger partial charge in [0.1, 0.15) is 11.5 Å². The standard InChI is InChI=1S/C33H39IN6/c1-22-19-28(24-7-3-2-4-8-24)38-29-20-26(13-14-27(22)29)30(35)31-33(36)37-15-18-40(31)32(34)25-11-9-23(10-12-25)21-39-16-5-6-17-39/h2-4,7-8,13-15,18-20,23,25,32H,5-6,9-12,16-17,21,35H2,1H3,(H2,36,37)/b31-30-. The molecular formula is C33H39IN6. The van der Waals surface area contributed by atoms with Crippen LogP contribution >= 0.6 is 22.6 Å². The Morgan fingerprint density at radius 3 is 2.52 bits per heavy atom. The third kappa shape index (κ3) is 5.63. The second-order valence-electron chi connectivity index (χ2n) is 11.6. The molecule has 0 spiro atoms. The Morgan fingerprint density at radius 2 is 1.77 bits per heavy atom. The van der Waals surface area contributed by atoms with Crippen molar-refractivity contribution in [1.29, 1.82) is 0 Å². The number of benzene rings is 2. The van der Waals surface area contributed by atoms with Crippen LogP contribution in [-0.2, 0) is 0 Å². The molecule has 0 radical (unpaired) electrons. The van der Waals surface area contributed by atoms with E-state index < -0.39 is 0 Å². The first-order valence-corrected chi connectivity index (χ1v) is 15.8. The van der Waals surface area contributed by atoms with Crippen molar-refractivity contribution in [2.75, 3.05) is 19.6 Å². The Bertz CT molecular complexity index is 1450. The highest BCUT2D eigenvalue weighted by Gasteiger charge is 2.33. The van der Waals surface area contributed by atoms with Crippen molar-refractivity contribution >= 4 is 45.0 Å². The number of rotatable bonds is 6. The monoisotopic (exact) mass is 646 g/mol. The minimum Gasteiger partial charge on any atom is -0.396 e. The second-order valence-corrected chi connectivity index (χ2v) is 12.8. The number of nitrogens with two attached hydrogens (primary N) is 2. The molecule has 208 valence electrons. The zero-order valence-corrected chi connectivity index (χ0v) is 25.4. The summed E-state index contributed by atoms with van der Waals surface area (Å²) in [4.78, 5) is 14.4. The first-order valence-electron chi connectivity index (χ1n) is 14.6. The largest absolute Gasteiger partial charge is 0.396 e. The topological polar surface area (TPSA) is 83.8 Å². The molecular weight excluding hydrogens is 607 g/mol. The third-order valence-electron chi connectivity index (χ3n) is 8.86. The zero-order chi connectivity index (χ0) is 27.6. The van der Waals surface area contributed by atoms with E-state index >= 15 is 0 Å². The molecule has 4 N–H and O–H groups in total. The summed E-state index contributed by atoms with van der Waals surface area (Å²) in [6.07, 6.45) is 11.7. The van der Waals surface area contributed by atoms with Gasteiger partial charge >= 0.3 is 0 Å². The molecule has 0 amide bonds. The molecule has 40 heavy (non-hydrogen) atoms. The predicted molar refractivity (Wildman–Crippen MR) is 175 cm³/mol. The van der Waals surface area contributed by atoms with Gasteiger partial charge in [0.05, 0.1) is 21.0 Å². The fraction of sp³-hybridized carbons (Fsp3) is 0.394. The molecule has 1 unspecified atom stereocenters. The third-order valence-corrected chi connectivity index (χ3v) is 10.5. The Labute approximate surface area is 251 Å². The number of amidine groups is 1. The van der Waals surface area contributed by atoms with Crippen molar-refractivity contribution in [2.24, 2.45) is 28.3 Å². The van der Waals surface area contributed by atoms with Gasteiger partial charge in [0.25, 0.3) is 0 Å². The molecule has 2 fully saturated rings. The van der Waals surface area contributed by atoms with Crippen LogP contribution in [0.25, 0.3) is 27.9 Å². The molecule has 1 aliphatic carbocycles. The smallest absolute Gasteiger partial charge is 0.149 e. The molecule has 3 aliphatic rings. The van der Waals surface area contributed by atoms with Crippen LogP contribution in [-0.4, -0.2) is 44.3 Å². The minimum absolute atomic E-state index is 0.259. The van der Waals surface area contributed by atoms with Gasteiger partial charge in [-0.3, -0.25) is 0 Å². The number of alkyl halides is 1. The molecule has 3 heterocycles. The number of nitrogens with zero attached hydrogens (tertiary/aromatic N) is 4. The van der Waals surface area contributed by atoms with Crippen LogP contribution < -0.4 is 11.5 Å². The maximum absolute atomic E-state index is 6.92. The van der Waals surface area contributed by atoms with Crippen molar-refractivity contribution in [2.45, 2.75) is 49.5 Å². The summed E-state index contributed by atoms with van der Waals surface area (Å²) in [5, 5.41) is 1.13. The van der Waals surface area contributed by atoms with Crippen molar-refractivity contribution in [3.05, 3.63) is 83.8 Å². The molecule has 3 aromatic rings. The number of halogens is 1. The van der Waals surface area contributed by atoms with E-state index in [9.17, 15) is 0 Å². The number of likely N-dealkylation sites (tertiary alicyclic amines) is 1. The highest BCUT2D eigenvalue weighted by molar-refractivity contribution is 14.1. The lowest BCUT2D eigenvalue weighted by Crippen LogP contribution is -2.41. The van der Waals surface area contributed by atoms with E-state index in [1.165, 1.54) is 63.7 Å². The summed E-state index contributed by atoms with van der Waals surface area (Å²) in [6.45, 7) is 5.99. The summed E-state index contributed by atoms with van der Waals surface area (Å²) in [7, 11) is 0. The van der Waals surface area contributed by atoms with Crippen LogP contribution in [0.15, 0.2) is 77.7 Å². The number of hydrogen-bond donors (Lipinski definition) is 2. The first kappa shape index (κ1) is 27.3. The van der Waals surface area contributed by atoms with Gasteiger partial charge in [0.15, 0.2) is 0 Å². The number of aryl methyl sites for hydroxylation is 1. The van der Waals surface area contributed by atoms with Gasteiger partial charge in [0.2, 0.25) is 0 Å². The number of aromatic nitrogens is 1. The van der Waals surface area contributed by atoms with Crippen molar-refractivity contribution in [1.82, 2.24) is 14.8 Å². The average Bonchev–Trinajstić information content (AvgIpc) is 3.50. The summed E-state index contributed by atoms with van der Waals surface area (Å²) in [5.74, 6) is 1.88. The van der Waals surface area contributed by atoms with Crippen LogP contribution in [0.3, 0.4) is 0 Å². The first-order chi connectivity index (χ1) is 19.5. The molecule has 0 bridgehead atoms. The molecule has 1 saturated carbocycles. The van der Waals surface area contributed by atoms with Crippen LogP contribution in [0.4, 0.5) is 0 Å². The zero-order valence-electron chi connectivity index (χ0n) is 23.3. The van der Waals surface area contributed by atoms with Gasteiger partial charge in [-0.15, -0.1) is 0 Å². The Kier molecular flexibility index (Phi) is 8.12. The summed E-state index contributed by atoms with van der Waals surface area (Å²) in [6, 6.07) is 18.7. The molecule has 7 heteroatoms. The molecule has 1 saturated heterocycles.